The largest absolute Gasteiger partial charge is 0.479 e. The highest BCUT2D eigenvalue weighted by Crippen LogP contribution is 1.87. The topological polar surface area (TPSA) is 93.1 Å². The van der Waals surface area contributed by atoms with Crippen LogP contribution in [0.2, 0.25) is 0 Å². The first-order valence-electron chi connectivity index (χ1n) is 4.89. The number of carbonyl (C=O) groups excluding carboxylic acids is 1. The highest BCUT2D eigenvalue weighted by Gasteiger charge is 2.15. The Morgan fingerprint density at radius 1 is 1.25 bits per heavy atom. The molecule has 0 spiro atoms. The Balaban J connectivity index is 3.83. The van der Waals surface area contributed by atoms with Gasteiger partial charge in [-0.2, -0.15) is 0 Å². The van der Waals surface area contributed by atoms with Gasteiger partial charge in [0, 0.05) is 20.1 Å². The zero-order valence-electron chi connectivity index (χ0n) is 9.80. The molecule has 7 nitrogen and oxygen atoms in total. The monoisotopic (exact) mass is 233 g/mol. The fourth-order valence-corrected chi connectivity index (χ4v) is 0.858. The lowest BCUT2D eigenvalue weighted by Crippen LogP contribution is -2.44. The van der Waals surface area contributed by atoms with Crippen LogP contribution in [0.1, 0.15) is 0 Å². The number of aliphatic hydroxyl groups excluding tert-OH is 1. The van der Waals surface area contributed by atoms with Gasteiger partial charge in [0.1, 0.15) is 0 Å². The van der Waals surface area contributed by atoms with Crippen molar-refractivity contribution in [1.82, 2.24) is 15.1 Å². The molecule has 0 aromatic heterocycles. The van der Waals surface area contributed by atoms with Gasteiger partial charge < -0.3 is 25.3 Å². The molecule has 0 aliphatic heterocycles. The average Bonchev–Trinajstić information content (AvgIpc) is 2.21. The fourth-order valence-electron chi connectivity index (χ4n) is 0.858. The maximum atomic E-state index is 11.4. The van der Waals surface area contributed by atoms with Gasteiger partial charge in [0.25, 0.3) is 0 Å². The molecule has 0 aromatic rings. The van der Waals surface area contributed by atoms with E-state index >= 15 is 0 Å². The molecule has 0 fully saturated rings. The maximum absolute atomic E-state index is 11.4. The highest BCUT2D eigenvalue weighted by molar-refractivity contribution is 5.76. The van der Waals surface area contributed by atoms with Crippen LogP contribution in [0.5, 0.6) is 0 Å². The van der Waals surface area contributed by atoms with Crippen molar-refractivity contribution >= 4 is 12.0 Å². The molecule has 0 saturated heterocycles. The molecule has 0 radical (unpaired) electrons. The predicted octanol–water partition coefficient (Wildman–Crippen LogP) is -1.37. The number of nitrogens with zero attached hydrogens (tertiary/aromatic N) is 2. The molecule has 0 aromatic carbocycles. The lowest BCUT2D eigenvalue weighted by atomic mass is 10.3. The van der Waals surface area contributed by atoms with Crippen LogP contribution in [0.25, 0.3) is 0 Å². The van der Waals surface area contributed by atoms with Crippen molar-refractivity contribution in [3.05, 3.63) is 0 Å². The van der Waals surface area contributed by atoms with Crippen molar-refractivity contribution in [2.24, 2.45) is 0 Å². The Bertz CT molecular complexity index is 245. The van der Waals surface area contributed by atoms with Crippen molar-refractivity contribution < 1.29 is 19.8 Å². The molecule has 0 bridgehead atoms. The number of hydrogen-bond acceptors (Lipinski definition) is 4. The van der Waals surface area contributed by atoms with Crippen LogP contribution >= 0.6 is 0 Å². The molecule has 0 aliphatic rings. The molecule has 0 aliphatic carbocycles. The SMILES string of the molecule is CN(C)CCN(C)C(=O)NC[C@H](O)C(=O)O. The van der Waals surface area contributed by atoms with Gasteiger partial charge in [0.05, 0.1) is 6.54 Å². The van der Waals surface area contributed by atoms with E-state index in [1.54, 1.807) is 7.05 Å². The Hall–Kier alpha value is -1.34. The van der Waals surface area contributed by atoms with E-state index in [0.717, 1.165) is 0 Å². The number of carbonyl (C=O) groups is 2. The summed E-state index contributed by atoms with van der Waals surface area (Å²) >= 11 is 0. The molecular weight excluding hydrogens is 214 g/mol. The molecular formula is C9H19N3O4. The summed E-state index contributed by atoms with van der Waals surface area (Å²) in [5.74, 6) is -1.35. The van der Waals surface area contributed by atoms with E-state index in [0.29, 0.717) is 13.1 Å². The summed E-state index contributed by atoms with van der Waals surface area (Å²) < 4.78 is 0. The third-order valence-corrected chi connectivity index (χ3v) is 1.96. The minimum Gasteiger partial charge on any atom is -0.479 e. The standard InChI is InChI=1S/C9H19N3O4/c1-11(2)4-5-12(3)9(16)10-6-7(13)8(14)15/h7,13H,4-6H2,1-3H3,(H,10,16)(H,14,15)/t7-/m0/s1. The molecule has 0 rings (SSSR count). The van der Waals surface area contributed by atoms with Crippen molar-refractivity contribution in [3.8, 4) is 0 Å². The molecule has 94 valence electrons. The zero-order chi connectivity index (χ0) is 12.7. The van der Waals surface area contributed by atoms with Gasteiger partial charge in [-0.25, -0.2) is 9.59 Å². The summed E-state index contributed by atoms with van der Waals surface area (Å²) in [7, 11) is 5.38. The van der Waals surface area contributed by atoms with Crippen molar-refractivity contribution in [2.45, 2.75) is 6.10 Å². The summed E-state index contributed by atoms with van der Waals surface area (Å²) in [4.78, 5) is 25.0. The number of carboxylic acids is 1. The number of likely N-dealkylation sites (N-methyl/N-ethyl adjacent to an activating group) is 2. The normalized spacial score (nSPS) is 12.3. The van der Waals surface area contributed by atoms with Crippen LogP contribution in [-0.2, 0) is 4.79 Å². The van der Waals surface area contributed by atoms with Gasteiger partial charge >= 0.3 is 12.0 Å². The molecule has 0 unspecified atom stereocenters. The Morgan fingerprint density at radius 2 is 1.81 bits per heavy atom. The van der Waals surface area contributed by atoms with E-state index in [1.807, 2.05) is 19.0 Å². The van der Waals surface area contributed by atoms with Gasteiger partial charge in [0.15, 0.2) is 6.10 Å². The van der Waals surface area contributed by atoms with Crippen molar-refractivity contribution in [1.29, 1.82) is 0 Å². The minimum atomic E-state index is -1.56. The number of hydrogen-bond donors (Lipinski definition) is 3. The molecule has 16 heavy (non-hydrogen) atoms. The van der Waals surface area contributed by atoms with E-state index in [-0.39, 0.29) is 6.54 Å². The Morgan fingerprint density at radius 3 is 2.25 bits per heavy atom. The number of amides is 2. The van der Waals surface area contributed by atoms with Crippen molar-refractivity contribution in [3.63, 3.8) is 0 Å². The van der Waals surface area contributed by atoms with E-state index in [1.165, 1.54) is 4.90 Å². The van der Waals surface area contributed by atoms with Gasteiger partial charge in [-0.3, -0.25) is 0 Å². The lowest BCUT2D eigenvalue weighted by molar-refractivity contribution is -0.146. The second-order valence-corrected chi connectivity index (χ2v) is 3.76. The van der Waals surface area contributed by atoms with Crippen LogP contribution in [-0.4, -0.2) is 78.9 Å². The second-order valence-electron chi connectivity index (χ2n) is 3.76. The van der Waals surface area contributed by atoms with E-state index < -0.39 is 18.1 Å². The summed E-state index contributed by atoms with van der Waals surface area (Å²) in [5.41, 5.74) is 0. The highest BCUT2D eigenvalue weighted by atomic mass is 16.4. The fraction of sp³-hybridized carbons (Fsp3) is 0.778. The summed E-state index contributed by atoms with van der Waals surface area (Å²) in [5, 5.41) is 19.6. The smallest absolute Gasteiger partial charge is 0.334 e. The van der Waals surface area contributed by atoms with Gasteiger partial charge in [-0.1, -0.05) is 0 Å². The third kappa shape index (κ3) is 6.20. The minimum absolute atomic E-state index is 0.291. The van der Waals surface area contributed by atoms with Gasteiger partial charge in [-0.15, -0.1) is 0 Å². The lowest BCUT2D eigenvalue weighted by Gasteiger charge is -2.20. The van der Waals surface area contributed by atoms with Crippen molar-refractivity contribution in [2.75, 3.05) is 40.8 Å². The van der Waals surface area contributed by atoms with E-state index in [4.69, 9.17) is 10.2 Å². The first-order chi connectivity index (χ1) is 7.34. The summed E-state index contributed by atoms with van der Waals surface area (Å²) in [6.07, 6.45) is -1.56. The van der Waals surface area contributed by atoms with E-state index in [9.17, 15) is 9.59 Å². The molecule has 0 heterocycles. The number of carboxylic acid groups (broad SMARTS) is 1. The van der Waals surface area contributed by atoms with Crippen LogP contribution < -0.4 is 5.32 Å². The number of urea groups is 1. The van der Waals surface area contributed by atoms with Crippen LogP contribution in [0.15, 0.2) is 0 Å². The molecule has 0 saturated carbocycles. The van der Waals surface area contributed by atoms with Gasteiger partial charge in [-0.05, 0) is 14.1 Å². The third-order valence-electron chi connectivity index (χ3n) is 1.96. The zero-order valence-corrected chi connectivity index (χ0v) is 9.80. The molecule has 2 amide bonds. The Labute approximate surface area is 94.6 Å². The summed E-state index contributed by atoms with van der Waals surface area (Å²) in [6, 6.07) is -0.401. The molecule has 7 heteroatoms. The first-order valence-corrected chi connectivity index (χ1v) is 4.89. The maximum Gasteiger partial charge on any atom is 0.334 e. The summed E-state index contributed by atoms with van der Waals surface area (Å²) in [6.45, 7) is 0.952. The number of aliphatic carboxylic acids is 1. The van der Waals surface area contributed by atoms with Gasteiger partial charge in [0.2, 0.25) is 0 Å². The number of nitrogens with one attached hydrogen (secondary N) is 1. The number of rotatable bonds is 6. The molecule has 3 N–H and O–H groups in total. The Kier molecular flexibility index (Phi) is 6.43. The number of aliphatic hydroxyl groups is 1. The van der Waals surface area contributed by atoms with Crippen LogP contribution in [0, 0.1) is 0 Å². The van der Waals surface area contributed by atoms with Crippen LogP contribution in [0.4, 0.5) is 4.79 Å². The second kappa shape index (κ2) is 7.02. The quantitative estimate of drug-likeness (QED) is 0.526. The average molecular weight is 233 g/mol. The van der Waals surface area contributed by atoms with E-state index in [2.05, 4.69) is 5.32 Å². The molecule has 1 atom stereocenters. The predicted molar refractivity (Wildman–Crippen MR) is 58.2 cm³/mol. The van der Waals surface area contributed by atoms with Crippen LogP contribution in [0.3, 0.4) is 0 Å². The first kappa shape index (κ1) is 14.7.